The molecule has 22 heavy (non-hydrogen) atoms. The molecule has 0 spiro atoms. The molecule has 5 nitrogen and oxygen atoms in total. The molecule has 0 N–H and O–H groups in total. The molecule has 1 aromatic carbocycles. The Bertz CT molecular complexity index is 803. The molecule has 7 heteroatoms. The molecular formula is C15H14ClIN4O. The van der Waals surface area contributed by atoms with Gasteiger partial charge in [-0.1, -0.05) is 23.7 Å². The normalized spacial score (nSPS) is 10.9. The molecule has 0 saturated heterocycles. The van der Waals surface area contributed by atoms with Crippen LogP contribution < -0.4 is 9.64 Å². The van der Waals surface area contributed by atoms with Gasteiger partial charge in [0.05, 0.1) is 19.0 Å². The van der Waals surface area contributed by atoms with Crippen LogP contribution in [0.4, 0.5) is 5.69 Å². The largest absolute Gasteiger partial charge is 0.497 e. The maximum Gasteiger partial charge on any atom is 0.178 e. The molecule has 0 aliphatic rings. The number of halogens is 2. The van der Waals surface area contributed by atoms with E-state index in [-0.39, 0.29) is 0 Å². The maximum absolute atomic E-state index is 6.13. The topological polar surface area (TPSA) is 42.7 Å². The Balaban J connectivity index is 1.92. The van der Waals surface area contributed by atoms with Gasteiger partial charge in [0.2, 0.25) is 0 Å². The highest BCUT2D eigenvalue weighted by atomic mass is 127. The molecule has 0 fully saturated rings. The maximum atomic E-state index is 6.13. The molecule has 2 aromatic heterocycles. The molecule has 0 saturated carbocycles. The lowest BCUT2D eigenvalue weighted by Gasteiger charge is -2.20. The SMILES string of the molecule is COc1ccc(CN(C)c2cc(Cl)nn3c(I)cnc23)cc1. The van der Waals surface area contributed by atoms with Gasteiger partial charge in [0.1, 0.15) is 9.45 Å². The van der Waals surface area contributed by atoms with Crippen LogP contribution >= 0.6 is 34.2 Å². The van der Waals surface area contributed by atoms with E-state index >= 15 is 0 Å². The summed E-state index contributed by atoms with van der Waals surface area (Å²) < 4.78 is 7.86. The lowest BCUT2D eigenvalue weighted by molar-refractivity contribution is 0.414. The average Bonchev–Trinajstić information content (AvgIpc) is 2.88. The Morgan fingerprint density at radius 2 is 2.05 bits per heavy atom. The summed E-state index contributed by atoms with van der Waals surface area (Å²) in [5.41, 5.74) is 2.92. The first kappa shape index (κ1) is 15.4. The van der Waals surface area contributed by atoms with Crippen molar-refractivity contribution < 1.29 is 4.74 Å². The van der Waals surface area contributed by atoms with E-state index in [2.05, 4.69) is 37.6 Å². The molecule has 3 rings (SSSR count). The van der Waals surface area contributed by atoms with Crippen molar-refractivity contribution in [3.8, 4) is 5.75 Å². The van der Waals surface area contributed by atoms with E-state index in [1.54, 1.807) is 17.8 Å². The van der Waals surface area contributed by atoms with Gasteiger partial charge in [-0.3, -0.25) is 0 Å². The molecule has 2 heterocycles. The number of hydrogen-bond acceptors (Lipinski definition) is 4. The van der Waals surface area contributed by atoms with Crippen LogP contribution in [-0.4, -0.2) is 28.8 Å². The predicted octanol–water partition coefficient (Wildman–Crippen LogP) is 3.63. The van der Waals surface area contributed by atoms with Crippen molar-refractivity contribution in [2.45, 2.75) is 6.54 Å². The number of fused-ring (bicyclic) bond motifs is 1. The standard InChI is InChI=1S/C15H14ClIN4O/c1-20(9-10-3-5-11(22-2)6-4-10)12-7-13(16)19-21-14(17)8-18-15(12)21/h3-8H,9H2,1-2H3. The quantitative estimate of drug-likeness (QED) is 0.595. The Morgan fingerprint density at radius 1 is 1.32 bits per heavy atom. The van der Waals surface area contributed by atoms with E-state index in [4.69, 9.17) is 16.3 Å². The number of rotatable bonds is 4. The summed E-state index contributed by atoms with van der Waals surface area (Å²) in [6.07, 6.45) is 1.78. The zero-order valence-corrected chi connectivity index (χ0v) is 15.0. The van der Waals surface area contributed by atoms with Crippen LogP contribution in [0.1, 0.15) is 5.56 Å². The second kappa shape index (κ2) is 6.29. The van der Waals surface area contributed by atoms with Gasteiger partial charge in [0.15, 0.2) is 10.8 Å². The number of benzene rings is 1. The minimum absolute atomic E-state index is 0.444. The molecular weight excluding hydrogens is 415 g/mol. The van der Waals surface area contributed by atoms with Crippen molar-refractivity contribution in [2.24, 2.45) is 0 Å². The molecule has 0 atom stereocenters. The molecule has 3 aromatic rings. The summed E-state index contributed by atoms with van der Waals surface area (Å²) in [4.78, 5) is 6.53. The van der Waals surface area contributed by atoms with Gasteiger partial charge >= 0.3 is 0 Å². The molecule has 0 bridgehead atoms. The highest BCUT2D eigenvalue weighted by Gasteiger charge is 2.13. The van der Waals surface area contributed by atoms with Crippen LogP contribution in [0.5, 0.6) is 5.75 Å². The van der Waals surface area contributed by atoms with Crippen molar-refractivity contribution in [3.05, 3.63) is 50.9 Å². The monoisotopic (exact) mass is 428 g/mol. The second-order valence-electron chi connectivity index (χ2n) is 4.87. The van der Waals surface area contributed by atoms with Gasteiger partial charge in [-0.2, -0.15) is 5.10 Å². The first-order chi connectivity index (χ1) is 10.6. The lowest BCUT2D eigenvalue weighted by Crippen LogP contribution is -2.18. The van der Waals surface area contributed by atoms with E-state index in [0.717, 1.165) is 27.3 Å². The number of hydrogen-bond donors (Lipinski definition) is 0. The van der Waals surface area contributed by atoms with Crippen LogP contribution in [0.2, 0.25) is 5.15 Å². The lowest BCUT2D eigenvalue weighted by atomic mass is 10.2. The Labute approximate surface area is 147 Å². The fourth-order valence-corrected chi connectivity index (χ4v) is 2.92. The van der Waals surface area contributed by atoms with Gasteiger partial charge in [0.25, 0.3) is 0 Å². The van der Waals surface area contributed by atoms with E-state index < -0.39 is 0 Å². The second-order valence-corrected chi connectivity index (χ2v) is 6.37. The van der Waals surface area contributed by atoms with E-state index in [9.17, 15) is 0 Å². The molecule has 0 amide bonds. The molecule has 114 valence electrons. The van der Waals surface area contributed by atoms with Crippen LogP contribution in [0.25, 0.3) is 5.65 Å². The van der Waals surface area contributed by atoms with Gasteiger partial charge in [0, 0.05) is 19.7 Å². The molecule has 0 unspecified atom stereocenters. The van der Waals surface area contributed by atoms with Crippen molar-refractivity contribution in [3.63, 3.8) is 0 Å². The van der Waals surface area contributed by atoms with Crippen LogP contribution in [-0.2, 0) is 6.54 Å². The Morgan fingerprint density at radius 3 is 2.73 bits per heavy atom. The minimum atomic E-state index is 0.444. The van der Waals surface area contributed by atoms with Crippen molar-refractivity contribution in [1.82, 2.24) is 14.6 Å². The zero-order chi connectivity index (χ0) is 15.7. The summed E-state index contributed by atoms with van der Waals surface area (Å²) >= 11 is 8.32. The summed E-state index contributed by atoms with van der Waals surface area (Å²) in [5.74, 6) is 0.851. The van der Waals surface area contributed by atoms with Crippen molar-refractivity contribution in [2.75, 3.05) is 19.1 Å². The molecule has 0 aliphatic heterocycles. The first-order valence-corrected chi connectivity index (χ1v) is 8.08. The zero-order valence-electron chi connectivity index (χ0n) is 12.1. The minimum Gasteiger partial charge on any atom is -0.497 e. The summed E-state index contributed by atoms with van der Waals surface area (Å²) in [6.45, 7) is 0.740. The van der Waals surface area contributed by atoms with Gasteiger partial charge < -0.3 is 9.64 Å². The fraction of sp³-hybridized carbons (Fsp3) is 0.200. The van der Waals surface area contributed by atoms with E-state index in [1.165, 1.54) is 5.56 Å². The number of aromatic nitrogens is 3. The van der Waals surface area contributed by atoms with Crippen LogP contribution in [0.15, 0.2) is 36.5 Å². The third-order valence-electron chi connectivity index (χ3n) is 3.37. The number of nitrogens with zero attached hydrogens (tertiary/aromatic N) is 4. The van der Waals surface area contributed by atoms with Crippen LogP contribution in [0.3, 0.4) is 0 Å². The Kier molecular flexibility index (Phi) is 4.39. The summed E-state index contributed by atoms with van der Waals surface area (Å²) in [5, 5.41) is 4.72. The fourth-order valence-electron chi connectivity index (χ4n) is 2.27. The molecule has 0 aliphatic carbocycles. The molecule has 0 radical (unpaired) electrons. The van der Waals surface area contributed by atoms with Gasteiger partial charge in [-0.15, -0.1) is 0 Å². The number of anilines is 1. The van der Waals surface area contributed by atoms with E-state index in [0.29, 0.717) is 5.15 Å². The first-order valence-electron chi connectivity index (χ1n) is 6.62. The third-order valence-corrected chi connectivity index (χ3v) is 4.29. The highest BCUT2D eigenvalue weighted by Crippen LogP contribution is 2.25. The van der Waals surface area contributed by atoms with Crippen molar-refractivity contribution in [1.29, 1.82) is 0 Å². The summed E-state index contributed by atoms with van der Waals surface area (Å²) in [7, 11) is 3.67. The van der Waals surface area contributed by atoms with Crippen molar-refractivity contribution >= 4 is 45.5 Å². The average molecular weight is 429 g/mol. The smallest absolute Gasteiger partial charge is 0.178 e. The summed E-state index contributed by atoms with van der Waals surface area (Å²) in [6, 6.07) is 9.84. The number of imidazole rings is 1. The predicted molar refractivity (Wildman–Crippen MR) is 95.8 cm³/mol. The highest BCUT2D eigenvalue weighted by molar-refractivity contribution is 14.1. The van der Waals surface area contributed by atoms with Crippen LogP contribution in [0, 0.1) is 3.70 Å². The van der Waals surface area contributed by atoms with E-state index in [1.807, 2.05) is 37.4 Å². The number of methoxy groups -OCH3 is 1. The third kappa shape index (κ3) is 2.98. The van der Waals surface area contributed by atoms with Gasteiger partial charge in [-0.05, 0) is 40.3 Å². The Hall–Kier alpha value is -1.54. The number of ether oxygens (including phenoxy) is 1. The van der Waals surface area contributed by atoms with Gasteiger partial charge in [-0.25, -0.2) is 9.50 Å².